The molecule has 2 aromatic carbocycles. The molecule has 2 heterocycles. The molecule has 27 heavy (non-hydrogen) atoms. The van der Waals surface area contributed by atoms with Gasteiger partial charge in [0.25, 0.3) is 5.91 Å². The third-order valence-electron chi connectivity index (χ3n) is 4.69. The van der Waals surface area contributed by atoms with Gasteiger partial charge >= 0.3 is 0 Å². The largest absolute Gasteiger partial charge is 0.506 e. The maximum Gasteiger partial charge on any atom is 0.258 e. The van der Waals surface area contributed by atoms with Crippen LogP contribution in [0, 0.1) is 0 Å². The predicted molar refractivity (Wildman–Crippen MR) is 105 cm³/mol. The second-order valence-electron chi connectivity index (χ2n) is 6.65. The van der Waals surface area contributed by atoms with Crippen molar-refractivity contribution in [2.75, 3.05) is 14.1 Å². The van der Waals surface area contributed by atoms with Crippen LogP contribution in [0.15, 0.2) is 42.6 Å². The highest BCUT2D eigenvalue weighted by molar-refractivity contribution is 6.19. The number of hydrogen-bond donors (Lipinski definition) is 2. The summed E-state index contributed by atoms with van der Waals surface area (Å²) in [5, 5.41) is 15.0. The van der Waals surface area contributed by atoms with E-state index in [1.54, 1.807) is 24.4 Å². The van der Waals surface area contributed by atoms with Gasteiger partial charge in [0.05, 0.1) is 6.17 Å². The first-order chi connectivity index (χ1) is 13.0. The number of carbonyl (C=O) groups is 1. The van der Waals surface area contributed by atoms with Gasteiger partial charge in [0, 0.05) is 17.0 Å². The SMILES string of the molecule is CC(NC(=O)c1c(O)c2ccccc2c2nc3ncccc3nc12)N(C)C. The standard InChI is InChI=1S/C20H19N5O2/c1-11(25(2)3)22-20(27)15-17-16(12-7-4-5-8-13(12)18(15)26)24-19-14(23-17)9-6-10-21-19/h4-11,26H,1-3H3,(H,22,27). The number of nitrogens with one attached hydrogen (secondary N) is 1. The van der Waals surface area contributed by atoms with Crippen LogP contribution in [0.25, 0.3) is 33.0 Å². The van der Waals surface area contributed by atoms with Gasteiger partial charge in [-0.2, -0.15) is 0 Å². The number of phenols is 1. The third-order valence-corrected chi connectivity index (χ3v) is 4.69. The Morgan fingerprint density at radius 3 is 2.56 bits per heavy atom. The van der Waals surface area contributed by atoms with Crippen molar-refractivity contribution in [3.8, 4) is 5.75 Å². The number of rotatable bonds is 3. The van der Waals surface area contributed by atoms with E-state index in [1.165, 1.54) is 0 Å². The highest BCUT2D eigenvalue weighted by Crippen LogP contribution is 2.36. The van der Waals surface area contributed by atoms with Crippen LogP contribution in [0.3, 0.4) is 0 Å². The first-order valence-electron chi connectivity index (χ1n) is 8.61. The van der Waals surface area contributed by atoms with E-state index >= 15 is 0 Å². The molecule has 1 amide bonds. The first kappa shape index (κ1) is 17.1. The number of fused-ring (bicyclic) bond motifs is 4. The number of phenolic OH excluding ortho intramolecular Hbond substituents is 1. The predicted octanol–water partition coefficient (Wildman–Crippen LogP) is 2.67. The number of nitrogens with zero attached hydrogens (tertiary/aromatic N) is 4. The monoisotopic (exact) mass is 361 g/mol. The second-order valence-corrected chi connectivity index (χ2v) is 6.65. The Bertz CT molecular complexity index is 1190. The molecular formula is C20H19N5O2. The van der Waals surface area contributed by atoms with Gasteiger partial charge in [0.15, 0.2) is 5.65 Å². The van der Waals surface area contributed by atoms with E-state index in [2.05, 4.69) is 20.3 Å². The number of benzene rings is 2. The Kier molecular flexibility index (Phi) is 4.08. The Hall–Kier alpha value is -3.32. The summed E-state index contributed by atoms with van der Waals surface area (Å²) < 4.78 is 0. The number of hydrogen-bond acceptors (Lipinski definition) is 6. The lowest BCUT2D eigenvalue weighted by molar-refractivity contribution is 0.0899. The number of aromatic hydroxyl groups is 1. The molecule has 1 atom stereocenters. The molecule has 7 nitrogen and oxygen atoms in total. The summed E-state index contributed by atoms with van der Waals surface area (Å²) in [5.74, 6) is -0.499. The van der Waals surface area contributed by atoms with E-state index < -0.39 is 5.91 Å². The summed E-state index contributed by atoms with van der Waals surface area (Å²) in [6.07, 6.45) is 1.44. The lowest BCUT2D eigenvalue weighted by Gasteiger charge is -2.22. The van der Waals surface area contributed by atoms with Crippen LogP contribution in [-0.4, -0.2) is 51.1 Å². The van der Waals surface area contributed by atoms with Crippen molar-refractivity contribution in [3.63, 3.8) is 0 Å². The van der Waals surface area contributed by atoms with E-state index in [4.69, 9.17) is 0 Å². The number of carbonyl (C=O) groups excluding carboxylic acids is 1. The zero-order valence-corrected chi connectivity index (χ0v) is 15.3. The molecular weight excluding hydrogens is 342 g/mol. The fourth-order valence-corrected chi connectivity index (χ4v) is 3.01. The lowest BCUT2D eigenvalue weighted by Crippen LogP contribution is -2.42. The summed E-state index contributed by atoms with van der Waals surface area (Å²) in [5.41, 5.74) is 2.08. The molecule has 0 saturated carbocycles. The molecule has 4 rings (SSSR count). The average molecular weight is 361 g/mol. The maximum atomic E-state index is 13.0. The fraction of sp³-hybridized carbons (Fsp3) is 0.200. The van der Waals surface area contributed by atoms with Crippen molar-refractivity contribution < 1.29 is 9.90 Å². The summed E-state index contributed by atoms with van der Waals surface area (Å²) >= 11 is 0. The second kappa shape index (κ2) is 6.44. The molecule has 1 unspecified atom stereocenters. The Labute approximate surface area is 155 Å². The minimum atomic E-state index is -0.401. The zero-order chi connectivity index (χ0) is 19.1. The molecule has 0 aliphatic carbocycles. The minimum Gasteiger partial charge on any atom is -0.506 e. The van der Waals surface area contributed by atoms with E-state index in [0.717, 1.165) is 5.39 Å². The van der Waals surface area contributed by atoms with Gasteiger partial charge in [-0.3, -0.25) is 9.69 Å². The molecule has 2 aromatic heterocycles. The van der Waals surface area contributed by atoms with Crippen molar-refractivity contribution >= 4 is 38.9 Å². The summed E-state index contributed by atoms with van der Waals surface area (Å²) in [6.45, 7) is 1.86. The lowest BCUT2D eigenvalue weighted by atomic mass is 10.0. The molecule has 0 aliphatic heterocycles. The normalized spacial score (nSPS) is 12.7. The van der Waals surface area contributed by atoms with Gasteiger partial charge in [-0.25, -0.2) is 15.0 Å². The molecule has 2 N–H and O–H groups in total. The van der Waals surface area contributed by atoms with Crippen LogP contribution in [0.1, 0.15) is 17.3 Å². The topological polar surface area (TPSA) is 91.2 Å². The van der Waals surface area contributed by atoms with E-state index in [-0.39, 0.29) is 17.5 Å². The molecule has 136 valence electrons. The number of pyridine rings is 1. The molecule has 0 fully saturated rings. The average Bonchev–Trinajstić information content (AvgIpc) is 2.67. The Morgan fingerprint density at radius 2 is 1.81 bits per heavy atom. The van der Waals surface area contributed by atoms with Crippen LogP contribution in [0.4, 0.5) is 0 Å². The van der Waals surface area contributed by atoms with E-state index in [0.29, 0.717) is 27.6 Å². The maximum absolute atomic E-state index is 13.0. The van der Waals surface area contributed by atoms with Crippen molar-refractivity contribution in [3.05, 3.63) is 48.2 Å². The van der Waals surface area contributed by atoms with Crippen LogP contribution < -0.4 is 5.32 Å². The first-order valence-corrected chi connectivity index (χ1v) is 8.61. The fourth-order valence-electron chi connectivity index (χ4n) is 3.01. The highest BCUT2D eigenvalue weighted by Gasteiger charge is 2.23. The summed E-state index contributed by atoms with van der Waals surface area (Å²) in [7, 11) is 3.73. The quantitative estimate of drug-likeness (QED) is 0.331. The van der Waals surface area contributed by atoms with Crippen LogP contribution >= 0.6 is 0 Å². The van der Waals surface area contributed by atoms with Gasteiger partial charge in [0.1, 0.15) is 27.9 Å². The molecule has 4 aromatic rings. The van der Waals surface area contributed by atoms with Gasteiger partial charge in [-0.05, 0) is 33.2 Å². The van der Waals surface area contributed by atoms with Gasteiger partial charge in [-0.15, -0.1) is 0 Å². The zero-order valence-electron chi connectivity index (χ0n) is 15.3. The third kappa shape index (κ3) is 2.82. The summed E-state index contributed by atoms with van der Waals surface area (Å²) in [4.78, 5) is 28.4. The molecule has 7 heteroatoms. The van der Waals surface area contributed by atoms with Crippen LogP contribution in [-0.2, 0) is 0 Å². The van der Waals surface area contributed by atoms with Crippen molar-refractivity contribution in [1.82, 2.24) is 25.2 Å². The molecule has 0 bridgehead atoms. The smallest absolute Gasteiger partial charge is 0.258 e. The number of amides is 1. The molecule has 0 aliphatic rings. The van der Waals surface area contributed by atoms with Crippen LogP contribution in [0.2, 0.25) is 0 Å². The van der Waals surface area contributed by atoms with Crippen LogP contribution in [0.5, 0.6) is 5.75 Å². The van der Waals surface area contributed by atoms with Gasteiger partial charge in [-0.1, -0.05) is 24.3 Å². The van der Waals surface area contributed by atoms with Crippen molar-refractivity contribution in [1.29, 1.82) is 0 Å². The Balaban J connectivity index is 2.07. The number of aromatic nitrogens is 3. The molecule has 0 spiro atoms. The molecule has 0 saturated heterocycles. The van der Waals surface area contributed by atoms with Gasteiger partial charge < -0.3 is 10.4 Å². The minimum absolute atomic E-state index is 0.0981. The molecule has 0 radical (unpaired) electrons. The van der Waals surface area contributed by atoms with Crippen molar-refractivity contribution in [2.45, 2.75) is 13.1 Å². The van der Waals surface area contributed by atoms with Crippen molar-refractivity contribution in [2.24, 2.45) is 0 Å². The van der Waals surface area contributed by atoms with E-state index in [1.807, 2.05) is 44.1 Å². The highest BCUT2D eigenvalue weighted by atomic mass is 16.3. The van der Waals surface area contributed by atoms with E-state index in [9.17, 15) is 9.90 Å². The summed E-state index contributed by atoms with van der Waals surface area (Å²) in [6, 6.07) is 10.8. The van der Waals surface area contributed by atoms with Gasteiger partial charge in [0.2, 0.25) is 0 Å². The Morgan fingerprint density at radius 1 is 1.07 bits per heavy atom.